The predicted octanol–water partition coefficient (Wildman–Crippen LogP) is 2.63. The topological polar surface area (TPSA) is 41.1 Å². The Morgan fingerprint density at radius 2 is 2.07 bits per heavy atom. The molecule has 1 rings (SSSR count). The van der Waals surface area contributed by atoms with Gasteiger partial charge in [-0.05, 0) is 38.1 Å². The molecule has 1 aromatic rings. The number of benzene rings is 1. The van der Waals surface area contributed by atoms with Crippen molar-refractivity contribution in [2.24, 2.45) is 0 Å². The van der Waals surface area contributed by atoms with Gasteiger partial charge in [0, 0.05) is 17.4 Å². The molecule has 3 heteroatoms. The third-order valence-corrected chi connectivity index (χ3v) is 1.77. The number of hydrogen-bond acceptors (Lipinski definition) is 2. The Morgan fingerprint density at radius 1 is 1.40 bits per heavy atom. The minimum atomic E-state index is -0.198. The molecule has 0 spiro atoms. The number of carbonyl (C=O) groups is 1. The van der Waals surface area contributed by atoms with E-state index in [0.717, 1.165) is 11.4 Å². The van der Waals surface area contributed by atoms with Gasteiger partial charge in [0.2, 0.25) is 5.91 Å². The fourth-order valence-corrected chi connectivity index (χ4v) is 1.21. The van der Waals surface area contributed by atoms with Crippen LogP contribution in [0.4, 0.5) is 11.4 Å². The second-order valence-corrected chi connectivity index (χ2v) is 3.57. The van der Waals surface area contributed by atoms with Gasteiger partial charge in [0.1, 0.15) is 0 Å². The molecule has 0 saturated heterocycles. The molecule has 0 aromatic heterocycles. The van der Waals surface area contributed by atoms with Crippen LogP contribution in [0.1, 0.15) is 13.8 Å². The Morgan fingerprint density at radius 3 is 2.67 bits per heavy atom. The summed E-state index contributed by atoms with van der Waals surface area (Å²) < 4.78 is 0. The first-order valence-corrected chi connectivity index (χ1v) is 4.92. The summed E-state index contributed by atoms with van der Waals surface area (Å²) in [6, 6.07) is 7.96. The maximum atomic E-state index is 11.1. The van der Waals surface area contributed by atoms with Crippen LogP contribution in [0.3, 0.4) is 0 Å². The van der Waals surface area contributed by atoms with Gasteiger partial charge in [-0.3, -0.25) is 4.79 Å². The van der Waals surface area contributed by atoms with Crippen LogP contribution in [0.2, 0.25) is 0 Å². The predicted molar refractivity (Wildman–Crippen MR) is 64.0 cm³/mol. The SMILES string of the molecule is C=CC(=O)Nc1cccc(NC(C)C)c1. The van der Waals surface area contributed by atoms with Crippen LogP contribution in [0, 0.1) is 0 Å². The number of amides is 1. The molecule has 0 radical (unpaired) electrons. The molecule has 15 heavy (non-hydrogen) atoms. The van der Waals surface area contributed by atoms with Crippen LogP contribution in [0.5, 0.6) is 0 Å². The molecule has 0 aliphatic carbocycles. The van der Waals surface area contributed by atoms with Crippen LogP contribution in [0.15, 0.2) is 36.9 Å². The summed E-state index contributed by atoms with van der Waals surface area (Å²) in [5, 5.41) is 5.97. The van der Waals surface area contributed by atoms with Crippen molar-refractivity contribution in [3.63, 3.8) is 0 Å². The number of carbonyl (C=O) groups excluding carboxylic acids is 1. The smallest absolute Gasteiger partial charge is 0.247 e. The highest BCUT2D eigenvalue weighted by Gasteiger charge is 1.99. The van der Waals surface area contributed by atoms with Crippen molar-refractivity contribution >= 4 is 17.3 Å². The molecule has 0 bridgehead atoms. The Labute approximate surface area is 90.2 Å². The van der Waals surface area contributed by atoms with E-state index in [0.29, 0.717) is 6.04 Å². The molecule has 0 atom stereocenters. The first-order chi connectivity index (χ1) is 7.11. The van der Waals surface area contributed by atoms with Crippen molar-refractivity contribution in [3.8, 4) is 0 Å². The lowest BCUT2D eigenvalue weighted by atomic mass is 10.2. The minimum Gasteiger partial charge on any atom is -0.383 e. The highest BCUT2D eigenvalue weighted by Crippen LogP contribution is 2.15. The number of anilines is 2. The molecule has 0 saturated carbocycles. The maximum Gasteiger partial charge on any atom is 0.247 e. The summed E-state index contributed by atoms with van der Waals surface area (Å²) in [7, 11) is 0. The summed E-state index contributed by atoms with van der Waals surface area (Å²) >= 11 is 0. The highest BCUT2D eigenvalue weighted by molar-refractivity contribution is 5.99. The van der Waals surface area contributed by atoms with E-state index in [1.54, 1.807) is 0 Å². The van der Waals surface area contributed by atoms with E-state index in [-0.39, 0.29) is 5.91 Å². The lowest BCUT2D eigenvalue weighted by molar-refractivity contribution is -0.111. The van der Waals surface area contributed by atoms with Crippen molar-refractivity contribution < 1.29 is 4.79 Å². The van der Waals surface area contributed by atoms with E-state index < -0.39 is 0 Å². The van der Waals surface area contributed by atoms with E-state index in [9.17, 15) is 4.79 Å². The highest BCUT2D eigenvalue weighted by atomic mass is 16.1. The van der Waals surface area contributed by atoms with Crippen molar-refractivity contribution in [3.05, 3.63) is 36.9 Å². The molecule has 80 valence electrons. The molecule has 0 aliphatic heterocycles. The van der Waals surface area contributed by atoms with Gasteiger partial charge in [-0.25, -0.2) is 0 Å². The second kappa shape index (κ2) is 5.20. The van der Waals surface area contributed by atoms with Crippen LogP contribution < -0.4 is 10.6 Å². The van der Waals surface area contributed by atoms with E-state index in [2.05, 4.69) is 31.1 Å². The standard InChI is InChI=1S/C12H16N2O/c1-4-12(15)14-11-7-5-6-10(8-11)13-9(2)3/h4-9,13H,1H2,2-3H3,(H,14,15). The van der Waals surface area contributed by atoms with Crippen molar-refractivity contribution in [1.82, 2.24) is 0 Å². The van der Waals surface area contributed by atoms with Gasteiger partial charge in [0.15, 0.2) is 0 Å². The van der Waals surface area contributed by atoms with Crippen LogP contribution >= 0.6 is 0 Å². The Hall–Kier alpha value is -1.77. The zero-order valence-electron chi connectivity index (χ0n) is 9.08. The summed E-state index contributed by atoms with van der Waals surface area (Å²) in [5.74, 6) is -0.198. The van der Waals surface area contributed by atoms with Gasteiger partial charge in [-0.1, -0.05) is 12.6 Å². The largest absolute Gasteiger partial charge is 0.383 e. The summed E-state index contributed by atoms with van der Waals surface area (Å²) in [6.45, 7) is 7.53. The van der Waals surface area contributed by atoms with Crippen molar-refractivity contribution in [2.75, 3.05) is 10.6 Å². The average molecular weight is 204 g/mol. The molecular formula is C12H16N2O. The molecule has 0 fully saturated rings. The monoisotopic (exact) mass is 204 g/mol. The molecule has 2 N–H and O–H groups in total. The van der Waals surface area contributed by atoms with Gasteiger partial charge < -0.3 is 10.6 Å². The molecule has 1 aromatic carbocycles. The molecule has 0 aliphatic rings. The normalized spacial score (nSPS) is 9.80. The molecule has 0 unspecified atom stereocenters. The fourth-order valence-electron chi connectivity index (χ4n) is 1.21. The number of nitrogens with one attached hydrogen (secondary N) is 2. The third-order valence-electron chi connectivity index (χ3n) is 1.77. The molecule has 1 amide bonds. The summed E-state index contributed by atoms with van der Waals surface area (Å²) in [6.07, 6.45) is 1.25. The third kappa shape index (κ3) is 3.85. The first-order valence-electron chi connectivity index (χ1n) is 4.92. The van der Waals surface area contributed by atoms with E-state index >= 15 is 0 Å². The quantitative estimate of drug-likeness (QED) is 0.740. The van der Waals surface area contributed by atoms with Crippen molar-refractivity contribution in [1.29, 1.82) is 0 Å². The summed E-state index contributed by atoms with van der Waals surface area (Å²) in [5.41, 5.74) is 1.76. The van der Waals surface area contributed by atoms with Gasteiger partial charge in [-0.2, -0.15) is 0 Å². The van der Waals surface area contributed by atoms with Crippen LogP contribution in [0.25, 0.3) is 0 Å². The Kier molecular flexibility index (Phi) is 3.92. The average Bonchev–Trinajstić information content (AvgIpc) is 2.17. The first kappa shape index (κ1) is 11.3. The lowest BCUT2D eigenvalue weighted by Crippen LogP contribution is -2.11. The number of rotatable bonds is 4. The fraction of sp³-hybridized carbons (Fsp3) is 0.250. The van der Waals surface area contributed by atoms with Gasteiger partial charge in [0.25, 0.3) is 0 Å². The van der Waals surface area contributed by atoms with Crippen LogP contribution in [-0.2, 0) is 4.79 Å². The van der Waals surface area contributed by atoms with Gasteiger partial charge in [0.05, 0.1) is 0 Å². The Balaban J connectivity index is 2.73. The Bertz CT molecular complexity index is 358. The number of hydrogen-bond donors (Lipinski definition) is 2. The van der Waals surface area contributed by atoms with Crippen molar-refractivity contribution in [2.45, 2.75) is 19.9 Å². The molecular weight excluding hydrogens is 188 g/mol. The van der Waals surface area contributed by atoms with E-state index in [4.69, 9.17) is 0 Å². The molecule has 3 nitrogen and oxygen atoms in total. The second-order valence-electron chi connectivity index (χ2n) is 3.57. The zero-order valence-corrected chi connectivity index (χ0v) is 9.08. The summed E-state index contributed by atoms with van der Waals surface area (Å²) in [4.78, 5) is 11.1. The van der Waals surface area contributed by atoms with E-state index in [1.165, 1.54) is 6.08 Å². The zero-order chi connectivity index (χ0) is 11.3. The lowest BCUT2D eigenvalue weighted by Gasteiger charge is -2.11. The van der Waals surface area contributed by atoms with Gasteiger partial charge in [-0.15, -0.1) is 0 Å². The minimum absolute atomic E-state index is 0.198. The van der Waals surface area contributed by atoms with E-state index in [1.807, 2.05) is 24.3 Å². The maximum absolute atomic E-state index is 11.1. The van der Waals surface area contributed by atoms with Crippen LogP contribution in [-0.4, -0.2) is 11.9 Å². The van der Waals surface area contributed by atoms with Gasteiger partial charge >= 0.3 is 0 Å². The molecule has 0 heterocycles.